The van der Waals surface area contributed by atoms with E-state index in [1.807, 2.05) is 0 Å². The lowest BCUT2D eigenvalue weighted by molar-refractivity contribution is -0.148. The third-order valence-electron chi connectivity index (χ3n) is 1.33. The molecule has 0 radical (unpaired) electrons. The zero-order valence-corrected chi connectivity index (χ0v) is 7.54. The Labute approximate surface area is 77.1 Å². The van der Waals surface area contributed by atoms with Crippen molar-refractivity contribution in [2.45, 2.75) is 17.2 Å². The number of hydrogen-bond donors (Lipinski definition) is 0. The van der Waals surface area contributed by atoms with Crippen molar-refractivity contribution in [3.8, 4) is 0 Å². The van der Waals surface area contributed by atoms with E-state index in [-0.39, 0.29) is 18.4 Å². The monoisotopic (exact) mass is 212 g/mol. The molecule has 0 saturated carbocycles. The summed E-state index contributed by atoms with van der Waals surface area (Å²) in [6.07, 6.45) is 0.879. The van der Waals surface area contributed by atoms with E-state index in [9.17, 15) is 18.0 Å². The minimum atomic E-state index is -3.33. The molecule has 2 nitrogen and oxygen atoms in total. The zero-order chi connectivity index (χ0) is 10.1. The van der Waals surface area contributed by atoms with Crippen LogP contribution in [0, 0.1) is 0 Å². The summed E-state index contributed by atoms with van der Waals surface area (Å²) in [7, 11) is 0. The molecule has 13 heavy (non-hydrogen) atoms. The van der Waals surface area contributed by atoms with Crippen LogP contribution in [0.3, 0.4) is 0 Å². The maximum Gasteiger partial charge on any atom is 0.359 e. The van der Waals surface area contributed by atoms with Crippen LogP contribution in [0.5, 0.6) is 0 Å². The maximum atomic E-state index is 13.3. The largest absolute Gasteiger partial charge is 0.463 e. The fourth-order valence-electron chi connectivity index (χ4n) is 0.809. The van der Waals surface area contributed by atoms with Crippen LogP contribution in [0.15, 0.2) is 12.2 Å². The van der Waals surface area contributed by atoms with E-state index in [1.54, 1.807) is 0 Å². The van der Waals surface area contributed by atoms with Crippen molar-refractivity contribution >= 4 is 17.7 Å². The average Bonchev–Trinajstić information content (AvgIpc) is 2.28. The third-order valence-corrected chi connectivity index (χ3v) is 2.34. The van der Waals surface area contributed by atoms with E-state index in [2.05, 4.69) is 4.74 Å². The Bertz CT molecular complexity index is 254. The van der Waals surface area contributed by atoms with Crippen molar-refractivity contribution in [3.63, 3.8) is 0 Å². The number of alkyl halides is 3. The van der Waals surface area contributed by atoms with Crippen LogP contribution < -0.4 is 0 Å². The molecule has 1 aliphatic heterocycles. The maximum absolute atomic E-state index is 13.3. The Balaban J connectivity index is 2.71. The first-order chi connectivity index (χ1) is 5.90. The normalized spacial score (nSPS) is 30.5. The van der Waals surface area contributed by atoms with Gasteiger partial charge in [-0.2, -0.15) is 8.78 Å². The highest BCUT2D eigenvalue weighted by molar-refractivity contribution is 8.02. The highest BCUT2D eigenvalue weighted by Crippen LogP contribution is 2.48. The van der Waals surface area contributed by atoms with Crippen LogP contribution in [0.2, 0.25) is 0 Å². The summed E-state index contributed by atoms with van der Waals surface area (Å²) in [4.78, 5) is 10.9. The van der Waals surface area contributed by atoms with Crippen molar-refractivity contribution in [2.75, 3.05) is 6.61 Å². The van der Waals surface area contributed by atoms with E-state index in [4.69, 9.17) is 0 Å². The van der Waals surface area contributed by atoms with Crippen LogP contribution in [0.1, 0.15) is 6.92 Å². The van der Waals surface area contributed by atoms with Crippen LogP contribution >= 0.6 is 11.8 Å². The lowest BCUT2D eigenvalue weighted by atomic mass is 10.3. The highest BCUT2D eigenvalue weighted by atomic mass is 32.2. The van der Waals surface area contributed by atoms with Crippen LogP contribution in [0.25, 0.3) is 0 Å². The molecule has 0 aromatic heterocycles. The fraction of sp³-hybridized carbons (Fsp3) is 0.571. The Kier molecular flexibility index (Phi) is 2.61. The van der Waals surface area contributed by atoms with Crippen LogP contribution in [-0.4, -0.2) is 22.8 Å². The molecular weight excluding hydrogens is 205 g/mol. The predicted octanol–water partition coefficient (Wildman–Crippen LogP) is 2.11. The van der Waals surface area contributed by atoms with Crippen molar-refractivity contribution in [2.24, 2.45) is 0 Å². The summed E-state index contributed by atoms with van der Waals surface area (Å²) in [6, 6.07) is 0. The minimum absolute atomic E-state index is 0.0372. The van der Waals surface area contributed by atoms with Gasteiger partial charge in [-0.1, -0.05) is 0 Å². The standard InChI is InChI=1S/C7H7F3O2S/c1-2-12-5(11)6(8)3-4-7(9,10)13-6/h3-4H,2H2,1H3. The van der Waals surface area contributed by atoms with Crippen molar-refractivity contribution < 1.29 is 22.7 Å². The first-order valence-electron chi connectivity index (χ1n) is 3.54. The van der Waals surface area contributed by atoms with E-state index < -0.39 is 16.2 Å². The summed E-state index contributed by atoms with van der Waals surface area (Å²) >= 11 is -0.367. The van der Waals surface area contributed by atoms with Gasteiger partial charge in [0.2, 0.25) is 0 Å². The summed E-state index contributed by atoms with van der Waals surface area (Å²) in [5.74, 6) is -1.28. The molecule has 0 amide bonds. The number of hydrogen-bond acceptors (Lipinski definition) is 3. The van der Waals surface area contributed by atoms with Gasteiger partial charge in [-0.3, -0.25) is 0 Å². The van der Waals surface area contributed by atoms with Crippen molar-refractivity contribution in [1.29, 1.82) is 0 Å². The number of ether oxygens (including phenoxy) is 1. The van der Waals surface area contributed by atoms with Crippen molar-refractivity contribution in [1.82, 2.24) is 0 Å². The quantitative estimate of drug-likeness (QED) is 0.518. The van der Waals surface area contributed by atoms with Gasteiger partial charge < -0.3 is 4.74 Å². The first kappa shape index (κ1) is 10.4. The first-order valence-corrected chi connectivity index (χ1v) is 4.36. The number of carbonyl (C=O) groups excluding carboxylic acids is 1. The van der Waals surface area contributed by atoms with Crippen molar-refractivity contribution in [3.05, 3.63) is 12.2 Å². The second kappa shape index (κ2) is 3.25. The topological polar surface area (TPSA) is 26.3 Å². The molecule has 0 saturated heterocycles. The number of halogens is 3. The van der Waals surface area contributed by atoms with E-state index in [1.165, 1.54) is 6.92 Å². The van der Waals surface area contributed by atoms with E-state index in [0.29, 0.717) is 12.2 Å². The van der Waals surface area contributed by atoms with Gasteiger partial charge in [-0.25, -0.2) is 9.18 Å². The number of carbonyl (C=O) groups is 1. The molecule has 0 spiro atoms. The molecular formula is C7H7F3O2S. The summed E-state index contributed by atoms with van der Waals surface area (Å²) in [6.45, 7) is 1.44. The van der Waals surface area contributed by atoms with Gasteiger partial charge in [0.05, 0.1) is 6.61 Å². The van der Waals surface area contributed by atoms with Gasteiger partial charge in [0.25, 0.3) is 5.00 Å². The fourth-order valence-corrected chi connectivity index (χ4v) is 1.62. The zero-order valence-electron chi connectivity index (χ0n) is 6.72. The smallest absolute Gasteiger partial charge is 0.359 e. The molecule has 74 valence electrons. The molecule has 6 heteroatoms. The lowest BCUT2D eigenvalue weighted by Crippen LogP contribution is -2.29. The SMILES string of the molecule is CCOC(=O)C1(F)C=CC(F)(F)S1. The number of rotatable bonds is 2. The Hall–Kier alpha value is -0.650. The van der Waals surface area contributed by atoms with Gasteiger partial charge in [-0.05, 0) is 30.8 Å². The van der Waals surface area contributed by atoms with Gasteiger partial charge in [0, 0.05) is 0 Å². The molecule has 1 rings (SSSR count). The second-order valence-corrected chi connectivity index (χ2v) is 3.71. The average molecular weight is 212 g/mol. The van der Waals surface area contributed by atoms with Gasteiger partial charge in [0.15, 0.2) is 0 Å². The molecule has 1 aliphatic rings. The van der Waals surface area contributed by atoms with Gasteiger partial charge in [0.1, 0.15) is 0 Å². The summed E-state index contributed by atoms with van der Waals surface area (Å²) in [5.41, 5.74) is 0. The van der Waals surface area contributed by atoms with E-state index >= 15 is 0 Å². The van der Waals surface area contributed by atoms with Gasteiger partial charge >= 0.3 is 11.2 Å². The second-order valence-electron chi connectivity index (χ2n) is 2.36. The third kappa shape index (κ3) is 2.18. The molecule has 1 unspecified atom stereocenters. The highest BCUT2D eigenvalue weighted by Gasteiger charge is 2.52. The van der Waals surface area contributed by atoms with E-state index in [0.717, 1.165) is 0 Å². The Morgan fingerprint density at radius 2 is 2.08 bits per heavy atom. The van der Waals surface area contributed by atoms with Gasteiger partial charge in [-0.15, -0.1) is 0 Å². The summed E-state index contributed by atoms with van der Waals surface area (Å²) < 4.78 is 42.6. The molecule has 0 bridgehead atoms. The molecule has 0 aromatic rings. The molecule has 0 fully saturated rings. The summed E-state index contributed by atoms with van der Waals surface area (Å²) in [5, 5.41) is -6.07. The van der Waals surface area contributed by atoms with Crippen LogP contribution in [-0.2, 0) is 9.53 Å². The molecule has 0 N–H and O–H groups in total. The molecule has 0 aliphatic carbocycles. The Morgan fingerprint density at radius 1 is 1.46 bits per heavy atom. The minimum Gasteiger partial charge on any atom is -0.463 e. The lowest BCUT2D eigenvalue weighted by Gasteiger charge is -2.15. The molecule has 0 aromatic carbocycles. The van der Waals surface area contributed by atoms with Crippen LogP contribution in [0.4, 0.5) is 13.2 Å². The molecule has 1 heterocycles. The Morgan fingerprint density at radius 3 is 2.46 bits per heavy atom. The number of thioether (sulfide) groups is 1. The predicted molar refractivity (Wildman–Crippen MR) is 42.2 cm³/mol. The molecule has 1 atom stereocenters. The number of esters is 1.